The van der Waals surface area contributed by atoms with Crippen molar-refractivity contribution >= 4 is 57.2 Å². The minimum Gasteiger partial charge on any atom is -0.311 e. The molecule has 2 heterocycles. The molecule has 0 unspecified atom stereocenters. The van der Waals surface area contributed by atoms with E-state index in [4.69, 9.17) is 0 Å². The molecule has 0 spiro atoms. The molecule has 0 saturated carbocycles. The van der Waals surface area contributed by atoms with E-state index in [1.54, 1.807) is 0 Å². The van der Waals surface area contributed by atoms with Gasteiger partial charge in [-0.25, -0.2) is 0 Å². The van der Waals surface area contributed by atoms with E-state index in [2.05, 4.69) is 275 Å². The Kier molecular flexibility index (Phi) is 11.0. The molecule has 0 fully saturated rings. The molecule has 384 valence electrons. The summed E-state index contributed by atoms with van der Waals surface area (Å²) < 4.78 is 28.2. The van der Waals surface area contributed by atoms with Gasteiger partial charge in [0.05, 0.1) is 5.69 Å². The number of hydrogen-bond donors (Lipinski definition) is 0. The summed E-state index contributed by atoms with van der Waals surface area (Å²) in [5.74, 6) is 0. The van der Waals surface area contributed by atoms with Gasteiger partial charge < -0.3 is 9.80 Å². The van der Waals surface area contributed by atoms with E-state index in [0.29, 0.717) is 5.56 Å². The SMILES string of the molecule is [2H]C([2H])([2H])c1cc2c3c(c1)N(c1ccc(C(C)(C)C)cc1-c1cc(-c4ccccc4)cc(-c4ccccc4)c1)c1cc4c(cc1B3c1ccc(C(C)(C)c3ccccc3)cc1N2c1cccc(C(C)(C)C)c1)C(C)(C)CCC4(C)C. The van der Waals surface area contributed by atoms with Crippen LogP contribution in [0.5, 0.6) is 0 Å². The Hall–Kier alpha value is -7.36. The van der Waals surface area contributed by atoms with Crippen molar-refractivity contribution in [2.75, 3.05) is 9.80 Å². The van der Waals surface area contributed by atoms with Crippen molar-refractivity contribution in [2.24, 2.45) is 0 Å². The maximum absolute atomic E-state index is 9.39. The number of fused-ring (bicyclic) bond motifs is 5. The highest BCUT2D eigenvalue weighted by Gasteiger charge is 2.47. The van der Waals surface area contributed by atoms with Gasteiger partial charge in [-0.3, -0.25) is 0 Å². The van der Waals surface area contributed by atoms with E-state index in [9.17, 15) is 4.11 Å². The molecule has 0 bridgehead atoms. The van der Waals surface area contributed by atoms with E-state index in [-0.39, 0.29) is 33.8 Å². The average molecular weight is 1010 g/mol. The molecule has 2 aliphatic heterocycles. The van der Waals surface area contributed by atoms with Crippen molar-refractivity contribution in [1.82, 2.24) is 0 Å². The van der Waals surface area contributed by atoms with Crippen LogP contribution >= 0.6 is 0 Å². The van der Waals surface area contributed by atoms with E-state index in [1.807, 2.05) is 12.1 Å². The third-order valence-electron chi connectivity index (χ3n) is 17.8. The minimum absolute atomic E-state index is 0.0787. The Balaban J connectivity index is 1.23. The molecule has 3 aliphatic rings. The van der Waals surface area contributed by atoms with Crippen LogP contribution in [0, 0.1) is 6.85 Å². The molecule has 0 amide bonds. The number of aryl methyl sites for hydroxylation is 1. The zero-order chi connectivity index (χ0) is 56.5. The molecule has 9 aromatic carbocycles. The van der Waals surface area contributed by atoms with E-state index < -0.39 is 6.85 Å². The van der Waals surface area contributed by atoms with Crippen LogP contribution in [0.25, 0.3) is 33.4 Å². The second-order valence-corrected chi connectivity index (χ2v) is 26.3. The van der Waals surface area contributed by atoms with Crippen LogP contribution in [0.1, 0.15) is 139 Å². The highest BCUT2D eigenvalue weighted by Crippen LogP contribution is 2.53. The van der Waals surface area contributed by atoms with Gasteiger partial charge in [-0.15, -0.1) is 0 Å². The van der Waals surface area contributed by atoms with Gasteiger partial charge >= 0.3 is 0 Å². The molecule has 12 rings (SSSR count). The Morgan fingerprint density at radius 3 is 1.52 bits per heavy atom. The Labute approximate surface area is 465 Å². The Bertz CT molecular complexity index is 3820. The standard InChI is InChI=1S/C74H75BN2/c1-48-38-67-69-68(39-48)77(64-35-33-56(71(5,6)7)44-59(64)53-41-51(49-24-17-14-18-25-49)40-52(42-53)50-26-19-15-20-27-50)66-47-61-60(72(8,9)36-37-73(61,10)11)46-63(66)75(69)62-34-32-57(74(12,13)54-28-21-16-22-29-54)45-65(62)76(67)58-31-23-30-55(43-58)70(2,3)4/h14-35,38-47H,36-37H2,1-13H3/i1D3. The van der Waals surface area contributed by atoms with Gasteiger partial charge in [0.15, 0.2) is 0 Å². The van der Waals surface area contributed by atoms with Gasteiger partial charge in [0.2, 0.25) is 0 Å². The van der Waals surface area contributed by atoms with Crippen LogP contribution in [-0.2, 0) is 27.1 Å². The predicted octanol–water partition coefficient (Wildman–Crippen LogP) is 18.3. The van der Waals surface area contributed by atoms with Crippen LogP contribution in [-0.4, -0.2) is 6.71 Å². The van der Waals surface area contributed by atoms with Gasteiger partial charge in [-0.2, -0.15) is 0 Å². The molecule has 0 saturated heterocycles. The lowest BCUT2D eigenvalue weighted by molar-refractivity contribution is 0.332. The van der Waals surface area contributed by atoms with Crippen molar-refractivity contribution in [2.45, 2.75) is 130 Å². The number of hydrogen-bond acceptors (Lipinski definition) is 2. The first-order chi connectivity index (χ1) is 37.8. The first-order valence-electron chi connectivity index (χ1n) is 29.5. The Morgan fingerprint density at radius 1 is 0.403 bits per heavy atom. The van der Waals surface area contributed by atoms with Gasteiger partial charge in [0.1, 0.15) is 0 Å². The summed E-state index contributed by atoms with van der Waals surface area (Å²) in [6.07, 6.45) is 2.14. The lowest BCUT2D eigenvalue weighted by Crippen LogP contribution is -2.62. The lowest BCUT2D eigenvalue weighted by Gasteiger charge is -2.48. The topological polar surface area (TPSA) is 6.48 Å². The van der Waals surface area contributed by atoms with Gasteiger partial charge in [-0.1, -0.05) is 210 Å². The van der Waals surface area contributed by atoms with Gasteiger partial charge in [0, 0.05) is 43.5 Å². The summed E-state index contributed by atoms with van der Waals surface area (Å²) in [6.45, 7) is 25.4. The maximum Gasteiger partial charge on any atom is 0.252 e. The number of rotatable bonds is 7. The molecule has 0 aromatic heterocycles. The molecule has 1 aliphatic carbocycles. The van der Waals surface area contributed by atoms with Crippen molar-refractivity contribution in [3.63, 3.8) is 0 Å². The van der Waals surface area contributed by atoms with Crippen molar-refractivity contribution < 1.29 is 4.11 Å². The van der Waals surface area contributed by atoms with Crippen LogP contribution < -0.4 is 26.2 Å². The van der Waals surface area contributed by atoms with Crippen LogP contribution in [0.15, 0.2) is 194 Å². The number of benzene rings is 9. The van der Waals surface area contributed by atoms with Crippen LogP contribution in [0.3, 0.4) is 0 Å². The highest BCUT2D eigenvalue weighted by molar-refractivity contribution is 7.00. The van der Waals surface area contributed by atoms with Crippen LogP contribution in [0.4, 0.5) is 34.1 Å². The van der Waals surface area contributed by atoms with E-state index in [0.717, 1.165) is 85.8 Å². The minimum atomic E-state index is -2.43. The fraction of sp³-hybridized carbons (Fsp3) is 0.270. The van der Waals surface area contributed by atoms with Gasteiger partial charge in [-0.05, 0) is 191 Å². The highest BCUT2D eigenvalue weighted by atomic mass is 15.2. The maximum atomic E-state index is 9.39. The van der Waals surface area contributed by atoms with E-state index in [1.165, 1.54) is 44.3 Å². The van der Waals surface area contributed by atoms with Crippen LogP contribution in [0.2, 0.25) is 0 Å². The van der Waals surface area contributed by atoms with Crippen molar-refractivity contribution in [3.8, 4) is 33.4 Å². The van der Waals surface area contributed by atoms with Crippen molar-refractivity contribution in [3.05, 3.63) is 233 Å². The lowest BCUT2D eigenvalue weighted by atomic mass is 9.33. The smallest absolute Gasteiger partial charge is 0.252 e. The normalized spacial score (nSPS) is 16.1. The molecular weight excluding hydrogens is 928 g/mol. The molecule has 0 atom stereocenters. The summed E-state index contributed by atoms with van der Waals surface area (Å²) >= 11 is 0. The largest absolute Gasteiger partial charge is 0.311 e. The second-order valence-electron chi connectivity index (χ2n) is 26.3. The molecule has 2 nitrogen and oxygen atoms in total. The molecule has 9 aromatic rings. The Morgan fingerprint density at radius 2 is 0.922 bits per heavy atom. The zero-order valence-electron chi connectivity index (χ0n) is 50.4. The summed E-state index contributed by atoms with van der Waals surface area (Å²) in [7, 11) is 0. The van der Waals surface area contributed by atoms with Gasteiger partial charge in [0.25, 0.3) is 6.71 Å². The number of nitrogens with zero attached hydrogens (tertiary/aromatic N) is 2. The summed E-state index contributed by atoms with van der Waals surface area (Å²) in [5.41, 5.74) is 23.3. The molecular formula is C74H75BN2. The summed E-state index contributed by atoms with van der Waals surface area (Å²) in [4.78, 5) is 4.89. The third-order valence-corrected chi connectivity index (χ3v) is 17.8. The van der Waals surface area contributed by atoms with Crippen molar-refractivity contribution in [1.29, 1.82) is 0 Å². The fourth-order valence-corrected chi connectivity index (χ4v) is 12.9. The zero-order valence-corrected chi connectivity index (χ0v) is 47.4. The first kappa shape index (κ1) is 46.9. The molecule has 0 radical (unpaired) electrons. The summed E-state index contributed by atoms with van der Waals surface area (Å²) in [5, 5.41) is 0. The third kappa shape index (κ3) is 8.66. The second kappa shape index (κ2) is 18.1. The summed E-state index contributed by atoms with van der Waals surface area (Å²) in [6, 6.07) is 71.6. The fourth-order valence-electron chi connectivity index (χ4n) is 12.9. The molecule has 3 heteroatoms. The quantitative estimate of drug-likeness (QED) is 0.147. The average Bonchev–Trinajstić information content (AvgIpc) is 3.62. The molecule has 0 N–H and O–H groups in total. The predicted molar refractivity (Wildman–Crippen MR) is 333 cm³/mol. The monoisotopic (exact) mass is 1010 g/mol. The first-order valence-corrected chi connectivity index (χ1v) is 28.0. The van der Waals surface area contributed by atoms with E-state index >= 15 is 0 Å². The number of anilines is 6. The molecule has 77 heavy (non-hydrogen) atoms.